The second-order valence-electron chi connectivity index (χ2n) is 5.38. The molecule has 0 saturated heterocycles. The van der Waals surface area contributed by atoms with Crippen LogP contribution in [0.3, 0.4) is 0 Å². The summed E-state index contributed by atoms with van der Waals surface area (Å²) in [6.45, 7) is 1.90. The smallest absolute Gasteiger partial charge is 0.276 e. The molecule has 5 nitrogen and oxygen atoms in total. The van der Waals surface area contributed by atoms with Gasteiger partial charge in [-0.1, -0.05) is 25.5 Å². The molecule has 0 atom stereocenters. The average Bonchev–Trinajstić information content (AvgIpc) is 2.43. The van der Waals surface area contributed by atoms with Crippen molar-refractivity contribution in [2.75, 3.05) is 24.0 Å². The van der Waals surface area contributed by atoms with Crippen molar-refractivity contribution >= 4 is 26.2 Å². The Balaban J connectivity index is 2.74. The molecule has 0 aromatic heterocycles. The Bertz CT molecular complexity index is 658. The third kappa shape index (κ3) is 6.18. The Labute approximate surface area is 133 Å². The highest BCUT2D eigenvalue weighted by atomic mass is 32.3. The Hall–Kier alpha value is -1.36. The molecule has 0 aliphatic heterocycles. The number of nitriles is 1. The van der Waals surface area contributed by atoms with E-state index in [1.165, 1.54) is 0 Å². The lowest BCUT2D eigenvalue weighted by Gasteiger charge is -2.29. The standard InChI is InChI=1S/C15H21NO4S2/c1-4-5-10-22(18,19)20-21(2,3)12-15(17)14-8-6-13(11-16)7-9-14/h6-9H,4-5,10,12H2,1-3H3. The summed E-state index contributed by atoms with van der Waals surface area (Å²) in [5, 5.41) is 8.73. The van der Waals surface area contributed by atoms with E-state index in [1.807, 2.05) is 13.0 Å². The van der Waals surface area contributed by atoms with Gasteiger partial charge in [0, 0.05) is 5.56 Å². The summed E-state index contributed by atoms with van der Waals surface area (Å²) in [5.74, 6) is -0.176. The number of carbonyl (C=O) groups excluding carboxylic acids is 1. The molecule has 0 unspecified atom stereocenters. The lowest BCUT2D eigenvalue weighted by molar-refractivity contribution is 0.102. The normalized spacial score (nSPS) is 12.6. The van der Waals surface area contributed by atoms with E-state index in [9.17, 15) is 13.2 Å². The number of rotatable bonds is 8. The van der Waals surface area contributed by atoms with Gasteiger partial charge in [-0.3, -0.25) is 4.79 Å². The van der Waals surface area contributed by atoms with Crippen LogP contribution >= 0.6 is 10.3 Å². The minimum Gasteiger partial charge on any atom is -0.293 e. The van der Waals surface area contributed by atoms with Crippen molar-refractivity contribution < 1.29 is 16.8 Å². The Morgan fingerprint density at radius 1 is 1.23 bits per heavy atom. The minimum atomic E-state index is -3.60. The second kappa shape index (κ2) is 7.77. The van der Waals surface area contributed by atoms with Crippen LogP contribution in [0, 0.1) is 11.3 Å². The fourth-order valence-electron chi connectivity index (χ4n) is 1.79. The summed E-state index contributed by atoms with van der Waals surface area (Å²) in [6, 6.07) is 8.25. The Morgan fingerprint density at radius 3 is 2.32 bits per heavy atom. The maximum absolute atomic E-state index is 12.2. The van der Waals surface area contributed by atoms with Gasteiger partial charge in [0.2, 0.25) is 0 Å². The summed E-state index contributed by atoms with van der Waals surface area (Å²) in [7, 11) is -5.63. The molecule has 0 spiro atoms. The zero-order valence-electron chi connectivity index (χ0n) is 13.0. The average molecular weight is 343 g/mol. The third-order valence-electron chi connectivity index (χ3n) is 2.85. The maximum atomic E-state index is 12.2. The first kappa shape index (κ1) is 18.7. The molecule has 0 saturated carbocycles. The van der Waals surface area contributed by atoms with Crippen LogP contribution in [0.4, 0.5) is 0 Å². The van der Waals surface area contributed by atoms with Gasteiger partial charge in [0.25, 0.3) is 10.1 Å². The van der Waals surface area contributed by atoms with Gasteiger partial charge in [0.1, 0.15) is 0 Å². The van der Waals surface area contributed by atoms with Crippen molar-refractivity contribution in [1.29, 1.82) is 5.26 Å². The molecule has 0 aliphatic rings. The van der Waals surface area contributed by atoms with Gasteiger partial charge in [-0.05, 0) is 31.1 Å². The van der Waals surface area contributed by atoms with E-state index in [1.54, 1.807) is 36.8 Å². The lowest BCUT2D eigenvalue weighted by atomic mass is 10.1. The van der Waals surface area contributed by atoms with Gasteiger partial charge >= 0.3 is 0 Å². The van der Waals surface area contributed by atoms with Crippen LogP contribution in [0.25, 0.3) is 0 Å². The number of benzene rings is 1. The van der Waals surface area contributed by atoms with Crippen molar-refractivity contribution in [1.82, 2.24) is 0 Å². The number of hydrogen-bond donors (Lipinski definition) is 0. The first-order valence-corrected chi connectivity index (χ1v) is 11.0. The molecule has 1 rings (SSSR count). The van der Waals surface area contributed by atoms with Crippen molar-refractivity contribution in [3.8, 4) is 6.07 Å². The lowest BCUT2D eigenvalue weighted by Crippen LogP contribution is -2.20. The van der Waals surface area contributed by atoms with E-state index in [-0.39, 0.29) is 17.3 Å². The monoisotopic (exact) mass is 343 g/mol. The second-order valence-corrected chi connectivity index (χ2v) is 10.6. The topological polar surface area (TPSA) is 84.2 Å². The zero-order valence-corrected chi connectivity index (χ0v) is 14.7. The molecular weight excluding hydrogens is 322 g/mol. The van der Waals surface area contributed by atoms with E-state index in [4.69, 9.17) is 8.89 Å². The first-order valence-electron chi connectivity index (χ1n) is 6.87. The molecule has 22 heavy (non-hydrogen) atoms. The van der Waals surface area contributed by atoms with E-state index in [2.05, 4.69) is 0 Å². The number of Topliss-reactive ketones (excluding diaryl/α,β-unsaturated/α-hetero) is 1. The summed E-state index contributed by atoms with van der Waals surface area (Å²) >= 11 is 0. The van der Waals surface area contributed by atoms with Gasteiger partial charge in [-0.25, -0.2) is 3.63 Å². The van der Waals surface area contributed by atoms with E-state index in [0.717, 1.165) is 6.42 Å². The van der Waals surface area contributed by atoms with E-state index >= 15 is 0 Å². The Morgan fingerprint density at radius 2 is 1.82 bits per heavy atom. The third-order valence-corrected chi connectivity index (χ3v) is 6.90. The molecule has 0 amide bonds. The number of carbonyl (C=O) groups is 1. The Kier molecular flexibility index (Phi) is 6.60. The van der Waals surface area contributed by atoms with Crippen LogP contribution in [0.5, 0.6) is 0 Å². The van der Waals surface area contributed by atoms with Crippen LogP contribution in [0.2, 0.25) is 0 Å². The predicted molar refractivity (Wildman–Crippen MR) is 89.6 cm³/mol. The van der Waals surface area contributed by atoms with Crippen LogP contribution in [-0.4, -0.2) is 38.2 Å². The van der Waals surface area contributed by atoms with E-state index < -0.39 is 20.4 Å². The van der Waals surface area contributed by atoms with Crippen LogP contribution in [-0.2, 0) is 13.7 Å². The summed E-state index contributed by atoms with van der Waals surface area (Å²) in [5.41, 5.74) is 0.927. The van der Waals surface area contributed by atoms with Gasteiger partial charge in [-0.15, -0.1) is 10.3 Å². The highest BCUT2D eigenvalue weighted by Gasteiger charge is 2.25. The van der Waals surface area contributed by atoms with Crippen molar-refractivity contribution in [2.45, 2.75) is 19.8 Å². The summed E-state index contributed by atoms with van der Waals surface area (Å²) < 4.78 is 29.0. The van der Waals surface area contributed by atoms with Gasteiger partial charge in [0.05, 0.1) is 23.1 Å². The number of unbranched alkanes of at least 4 members (excludes halogenated alkanes) is 1. The molecule has 1 aromatic carbocycles. The number of nitrogens with zero attached hydrogens (tertiary/aromatic N) is 1. The van der Waals surface area contributed by atoms with Crippen LogP contribution < -0.4 is 0 Å². The number of hydrogen-bond acceptors (Lipinski definition) is 5. The molecule has 1 aromatic rings. The molecule has 122 valence electrons. The summed E-state index contributed by atoms with van der Waals surface area (Å²) in [4.78, 5) is 12.2. The van der Waals surface area contributed by atoms with E-state index in [0.29, 0.717) is 17.5 Å². The predicted octanol–water partition coefficient (Wildman–Crippen LogP) is 2.87. The molecule has 0 bridgehead atoms. The highest BCUT2D eigenvalue weighted by Crippen LogP contribution is 2.43. The minimum absolute atomic E-state index is 0.0228. The first-order chi connectivity index (χ1) is 10.2. The van der Waals surface area contributed by atoms with Crippen molar-refractivity contribution in [3.63, 3.8) is 0 Å². The van der Waals surface area contributed by atoms with Crippen molar-refractivity contribution in [3.05, 3.63) is 35.4 Å². The SMILES string of the molecule is CCCCS(=O)(=O)OS(C)(C)CC(=O)c1ccc(C#N)cc1. The van der Waals surface area contributed by atoms with Gasteiger partial charge in [-0.2, -0.15) is 13.7 Å². The van der Waals surface area contributed by atoms with Crippen LogP contribution in [0.15, 0.2) is 24.3 Å². The van der Waals surface area contributed by atoms with Gasteiger partial charge < -0.3 is 0 Å². The van der Waals surface area contributed by atoms with Gasteiger partial charge in [0.15, 0.2) is 5.78 Å². The highest BCUT2D eigenvalue weighted by molar-refractivity contribution is 8.32. The molecule has 0 aliphatic carbocycles. The fourth-order valence-corrected chi connectivity index (χ4v) is 5.94. The fraction of sp³-hybridized carbons (Fsp3) is 0.467. The molecule has 0 N–H and O–H groups in total. The summed E-state index contributed by atoms with van der Waals surface area (Å²) in [6.07, 6.45) is 4.64. The zero-order chi connectivity index (χ0) is 16.8. The number of ketones is 1. The molecular formula is C15H21NO4S2. The van der Waals surface area contributed by atoms with Crippen LogP contribution in [0.1, 0.15) is 35.7 Å². The molecule has 0 radical (unpaired) electrons. The maximum Gasteiger partial charge on any atom is 0.276 e. The molecule has 0 heterocycles. The quantitative estimate of drug-likeness (QED) is 0.678. The van der Waals surface area contributed by atoms with Crippen molar-refractivity contribution in [2.24, 2.45) is 0 Å². The molecule has 7 heteroatoms. The molecule has 0 fully saturated rings. The largest absolute Gasteiger partial charge is 0.293 e.